The zero-order valence-electron chi connectivity index (χ0n) is 13.7. The fraction of sp³-hybridized carbons (Fsp3) is 0.933. The summed E-state index contributed by atoms with van der Waals surface area (Å²) >= 11 is 0. The monoisotopic (exact) mass is 285 g/mol. The summed E-state index contributed by atoms with van der Waals surface area (Å²) in [4.78, 5) is 16.9. The lowest BCUT2D eigenvalue weighted by molar-refractivity contribution is -0.148. The molecule has 5 nitrogen and oxygen atoms in total. The molecule has 0 aromatic carbocycles. The van der Waals surface area contributed by atoms with Gasteiger partial charge >= 0.3 is 5.97 Å². The van der Waals surface area contributed by atoms with Gasteiger partial charge in [0.1, 0.15) is 5.54 Å². The topological polar surface area (TPSA) is 44.8 Å². The number of carbonyl (C=O) groups is 1. The van der Waals surface area contributed by atoms with Crippen molar-refractivity contribution in [3.63, 3.8) is 0 Å². The summed E-state index contributed by atoms with van der Waals surface area (Å²) in [5.41, 5.74) is -0.592. The molecular formula is C15H31N3O2. The quantitative estimate of drug-likeness (QED) is 0.706. The number of methoxy groups -OCH3 is 1. The van der Waals surface area contributed by atoms with E-state index in [1.807, 2.05) is 6.92 Å². The van der Waals surface area contributed by atoms with Crippen molar-refractivity contribution in [1.29, 1.82) is 0 Å². The van der Waals surface area contributed by atoms with Crippen molar-refractivity contribution in [1.82, 2.24) is 15.1 Å². The van der Waals surface area contributed by atoms with Crippen molar-refractivity contribution < 1.29 is 9.53 Å². The summed E-state index contributed by atoms with van der Waals surface area (Å²) in [5, 5.41) is 3.35. The second-order valence-corrected chi connectivity index (χ2v) is 6.15. The molecule has 1 unspecified atom stereocenters. The van der Waals surface area contributed by atoms with Crippen molar-refractivity contribution in [2.75, 3.05) is 46.4 Å². The van der Waals surface area contributed by atoms with E-state index in [0.29, 0.717) is 0 Å². The summed E-state index contributed by atoms with van der Waals surface area (Å²) in [6.07, 6.45) is 0.782. The van der Waals surface area contributed by atoms with Crippen LogP contribution in [-0.2, 0) is 9.53 Å². The molecule has 1 aliphatic rings. The van der Waals surface area contributed by atoms with Crippen LogP contribution in [0.3, 0.4) is 0 Å². The zero-order valence-corrected chi connectivity index (χ0v) is 13.7. The van der Waals surface area contributed by atoms with Crippen LogP contribution in [0.15, 0.2) is 0 Å². The Balaban J connectivity index is 2.48. The van der Waals surface area contributed by atoms with Gasteiger partial charge < -0.3 is 14.5 Å². The molecule has 118 valence electrons. The average Bonchev–Trinajstić information content (AvgIpc) is 2.44. The maximum Gasteiger partial charge on any atom is 0.325 e. The van der Waals surface area contributed by atoms with Gasteiger partial charge in [0.15, 0.2) is 0 Å². The number of hydrogen-bond donors (Lipinski definition) is 1. The molecule has 5 heteroatoms. The van der Waals surface area contributed by atoms with Crippen LogP contribution in [0, 0.1) is 0 Å². The van der Waals surface area contributed by atoms with Gasteiger partial charge in [-0.3, -0.25) is 10.1 Å². The van der Waals surface area contributed by atoms with Crippen LogP contribution in [0.2, 0.25) is 0 Å². The number of carbonyl (C=O) groups excluding carboxylic acids is 1. The SMILES string of the molecule is CCN1CCN(CCC(C)(NC(C)C)C(=O)OC)CC1. The molecule has 1 aliphatic heterocycles. The molecule has 0 aromatic rings. The fourth-order valence-electron chi connectivity index (χ4n) is 2.81. The number of hydrogen-bond acceptors (Lipinski definition) is 5. The highest BCUT2D eigenvalue weighted by molar-refractivity contribution is 5.80. The molecule has 1 atom stereocenters. The Bertz CT molecular complexity index is 301. The highest BCUT2D eigenvalue weighted by atomic mass is 16.5. The minimum atomic E-state index is -0.592. The number of likely N-dealkylation sites (N-methyl/N-ethyl adjacent to an activating group) is 1. The van der Waals surface area contributed by atoms with E-state index in [1.165, 1.54) is 7.11 Å². The number of ether oxygens (including phenoxy) is 1. The Labute approximate surface area is 123 Å². The van der Waals surface area contributed by atoms with Gasteiger partial charge in [0.05, 0.1) is 7.11 Å². The van der Waals surface area contributed by atoms with E-state index in [2.05, 4.69) is 35.9 Å². The molecule has 20 heavy (non-hydrogen) atoms. The first-order valence-electron chi connectivity index (χ1n) is 7.72. The molecule has 0 aromatic heterocycles. The van der Waals surface area contributed by atoms with Crippen LogP contribution in [0.1, 0.15) is 34.1 Å². The van der Waals surface area contributed by atoms with Gasteiger partial charge in [0.25, 0.3) is 0 Å². The molecule has 0 amide bonds. The summed E-state index contributed by atoms with van der Waals surface area (Å²) in [7, 11) is 1.46. The highest BCUT2D eigenvalue weighted by Gasteiger charge is 2.35. The Hall–Kier alpha value is -0.650. The third kappa shape index (κ3) is 5.04. The fourth-order valence-corrected chi connectivity index (χ4v) is 2.81. The van der Waals surface area contributed by atoms with Crippen molar-refractivity contribution in [2.45, 2.75) is 45.7 Å². The lowest BCUT2D eigenvalue weighted by atomic mass is 9.96. The highest BCUT2D eigenvalue weighted by Crippen LogP contribution is 2.15. The molecule has 1 N–H and O–H groups in total. The van der Waals surface area contributed by atoms with E-state index < -0.39 is 5.54 Å². The molecule has 0 radical (unpaired) electrons. The van der Waals surface area contributed by atoms with Gasteiger partial charge in [-0.15, -0.1) is 0 Å². The maximum atomic E-state index is 12.0. The first-order chi connectivity index (χ1) is 9.41. The number of piperazine rings is 1. The predicted octanol–water partition coefficient (Wildman–Crippen LogP) is 0.944. The van der Waals surface area contributed by atoms with Gasteiger partial charge in [-0.05, 0) is 33.7 Å². The second-order valence-electron chi connectivity index (χ2n) is 6.15. The largest absolute Gasteiger partial charge is 0.468 e. The molecule has 1 heterocycles. The van der Waals surface area contributed by atoms with E-state index in [4.69, 9.17) is 4.74 Å². The first-order valence-corrected chi connectivity index (χ1v) is 7.72. The number of nitrogens with one attached hydrogen (secondary N) is 1. The Morgan fingerprint density at radius 1 is 1.25 bits per heavy atom. The van der Waals surface area contributed by atoms with Crippen LogP contribution in [-0.4, -0.2) is 73.7 Å². The third-order valence-corrected chi connectivity index (χ3v) is 4.08. The van der Waals surface area contributed by atoms with Gasteiger partial charge in [0.2, 0.25) is 0 Å². The molecule has 0 bridgehead atoms. The summed E-state index contributed by atoms with van der Waals surface area (Å²) < 4.78 is 4.96. The van der Waals surface area contributed by atoms with Crippen LogP contribution in [0.25, 0.3) is 0 Å². The van der Waals surface area contributed by atoms with Gasteiger partial charge in [0, 0.05) is 38.8 Å². The maximum absolute atomic E-state index is 12.0. The van der Waals surface area contributed by atoms with Gasteiger partial charge in [-0.25, -0.2) is 0 Å². The minimum absolute atomic E-state index is 0.168. The smallest absolute Gasteiger partial charge is 0.325 e. The van der Waals surface area contributed by atoms with Crippen LogP contribution in [0.4, 0.5) is 0 Å². The first kappa shape index (κ1) is 17.4. The number of nitrogens with zero attached hydrogens (tertiary/aromatic N) is 2. The van der Waals surface area contributed by atoms with Crippen molar-refractivity contribution in [2.24, 2.45) is 0 Å². The molecule has 0 saturated carbocycles. The Morgan fingerprint density at radius 3 is 2.25 bits per heavy atom. The number of rotatable bonds is 7. The van der Waals surface area contributed by atoms with Crippen LogP contribution >= 0.6 is 0 Å². The van der Waals surface area contributed by atoms with E-state index in [0.717, 1.165) is 45.7 Å². The lowest BCUT2D eigenvalue weighted by Gasteiger charge is -2.37. The Kier molecular flexibility index (Phi) is 6.92. The zero-order chi connectivity index (χ0) is 15.2. The summed E-state index contributed by atoms with van der Waals surface area (Å²) in [5.74, 6) is -0.168. The molecule has 1 fully saturated rings. The van der Waals surface area contributed by atoms with Crippen molar-refractivity contribution in [3.05, 3.63) is 0 Å². The average molecular weight is 285 g/mol. The molecule has 0 aliphatic carbocycles. The van der Waals surface area contributed by atoms with Gasteiger partial charge in [-0.2, -0.15) is 0 Å². The van der Waals surface area contributed by atoms with Crippen LogP contribution < -0.4 is 5.32 Å². The van der Waals surface area contributed by atoms with E-state index in [9.17, 15) is 4.79 Å². The Morgan fingerprint density at radius 2 is 1.80 bits per heavy atom. The van der Waals surface area contributed by atoms with E-state index >= 15 is 0 Å². The number of esters is 1. The minimum Gasteiger partial charge on any atom is -0.468 e. The van der Waals surface area contributed by atoms with E-state index in [1.54, 1.807) is 0 Å². The summed E-state index contributed by atoms with van der Waals surface area (Å²) in [6.45, 7) is 14.8. The normalized spacial score (nSPS) is 20.9. The van der Waals surface area contributed by atoms with Crippen molar-refractivity contribution in [3.8, 4) is 0 Å². The molecule has 0 spiro atoms. The third-order valence-electron chi connectivity index (χ3n) is 4.08. The van der Waals surface area contributed by atoms with E-state index in [-0.39, 0.29) is 12.0 Å². The standard InChI is InChI=1S/C15H31N3O2/c1-6-17-9-11-18(12-10-17)8-7-15(4,14(19)20-5)16-13(2)3/h13,16H,6-12H2,1-5H3. The van der Waals surface area contributed by atoms with Gasteiger partial charge in [-0.1, -0.05) is 6.92 Å². The van der Waals surface area contributed by atoms with Crippen LogP contribution in [0.5, 0.6) is 0 Å². The predicted molar refractivity (Wildman–Crippen MR) is 81.9 cm³/mol. The summed E-state index contributed by atoms with van der Waals surface area (Å²) in [6, 6.07) is 0.260. The molecule has 1 saturated heterocycles. The lowest BCUT2D eigenvalue weighted by Crippen LogP contribution is -2.55. The molecule has 1 rings (SSSR count). The molecular weight excluding hydrogens is 254 g/mol. The second kappa shape index (κ2) is 7.96. The van der Waals surface area contributed by atoms with Crippen molar-refractivity contribution >= 4 is 5.97 Å².